The van der Waals surface area contributed by atoms with Gasteiger partial charge >= 0.3 is 0 Å². The van der Waals surface area contributed by atoms with Crippen molar-refractivity contribution in [3.63, 3.8) is 0 Å². The summed E-state index contributed by atoms with van der Waals surface area (Å²) >= 11 is 0. The van der Waals surface area contributed by atoms with Crippen molar-refractivity contribution in [1.82, 2.24) is 10.2 Å². The van der Waals surface area contributed by atoms with Gasteiger partial charge in [-0.05, 0) is 44.1 Å². The second kappa shape index (κ2) is 9.80. The standard InChI is InChI=1S/C18H32N2O/c1-6-7-12-21-17-10-8-16(9-11-17)13-19-14-18(15(2)3)20(4)5/h8-11,15,18-19H,6-7,12-14H2,1-5H3. The van der Waals surface area contributed by atoms with Gasteiger partial charge < -0.3 is 15.0 Å². The van der Waals surface area contributed by atoms with E-state index in [1.165, 1.54) is 12.0 Å². The van der Waals surface area contributed by atoms with E-state index in [9.17, 15) is 0 Å². The quantitative estimate of drug-likeness (QED) is 0.668. The average Bonchev–Trinajstić information content (AvgIpc) is 2.44. The molecule has 0 spiro atoms. The highest BCUT2D eigenvalue weighted by Crippen LogP contribution is 2.13. The third-order valence-corrected chi connectivity index (χ3v) is 3.81. The molecule has 0 aliphatic rings. The second-order valence-electron chi connectivity index (χ2n) is 6.25. The van der Waals surface area contributed by atoms with Gasteiger partial charge in [-0.3, -0.25) is 0 Å². The summed E-state index contributed by atoms with van der Waals surface area (Å²) in [5.41, 5.74) is 1.30. The summed E-state index contributed by atoms with van der Waals surface area (Å²) in [6.07, 6.45) is 2.29. The van der Waals surface area contributed by atoms with Gasteiger partial charge in [0.05, 0.1) is 6.61 Å². The Kier molecular flexibility index (Phi) is 8.40. The number of unbranched alkanes of at least 4 members (excludes halogenated alkanes) is 1. The topological polar surface area (TPSA) is 24.5 Å². The zero-order valence-electron chi connectivity index (χ0n) is 14.4. The first kappa shape index (κ1) is 18.0. The van der Waals surface area contributed by atoms with E-state index in [0.29, 0.717) is 12.0 Å². The van der Waals surface area contributed by atoms with Gasteiger partial charge in [-0.25, -0.2) is 0 Å². The highest BCUT2D eigenvalue weighted by atomic mass is 16.5. The van der Waals surface area contributed by atoms with Gasteiger partial charge in [0, 0.05) is 19.1 Å². The summed E-state index contributed by atoms with van der Waals surface area (Å²) < 4.78 is 5.68. The molecule has 1 unspecified atom stereocenters. The van der Waals surface area contributed by atoms with Gasteiger partial charge in [0.25, 0.3) is 0 Å². The molecule has 0 heterocycles. The molecule has 21 heavy (non-hydrogen) atoms. The SMILES string of the molecule is CCCCOc1ccc(CNCC(C(C)C)N(C)C)cc1. The molecule has 3 nitrogen and oxygen atoms in total. The molecule has 0 saturated heterocycles. The fourth-order valence-corrected chi connectivity index (χ4v) is 2.42. The summed E-state index contributed by atoms with van der Waals surface area (Å²) in [6, 6.07) is 9.00. The zero-order chi connectivity index (χ0) is 15.7. The van der Waals surface area contributed by atoms with E-state index in [4.69, 9.17) is 4.74 Å². The lowest BCUT2D eigenvalue weighted by molar-refractivity contribution is 0.224. The third kappa shape index (κ3) is 6.96. The van der Waals surface area contributed by atoms with Crippen LogP contribution in [0.4, 0.5) is 0 Å². The van der Waals surface area contributed by atoms with Crippen molar-refractivity contribution >= 4 is 0 Å². The molecule has 0 aromatic heterocycles. The zero-order valence-corrected chi connectivity index (χ0v) is 14.4. The van der Waals surface area contributed by atoms with Crippen molar-refractivity contribution in [2.24, 2.45) is 5.92 Å². The van der Waals surface area contributed by atoms with Crippen molar-refractivity contribution in [1.29, 1.82) is 0 Å². The van der Waals surface area contributed by atoms with Gasteiger partial charge in [0.15, 0.2) is 0 Å². The predicted molar refractivity (Wildman–Crippen MR) is 90.9 cm³/mol. The molecular formula is C18H32N2O. The maximum absolute atomic E-state index is 5.68. The minimum Gasteiger partial charge on any atom is -0.494 e. The molecule has 3 heteroatoms. The molecular weight excluding hydrogens is 260 g/mol. The Morgan fingerprint density at radius 1 is 1.14 bits per heavy atom. The molecule has 0 aliphatic carbocycles. The van der Waals surface area contributed by atoms with Gasteiger partial charge in [0.1, 0.15) is 5.75 Å². The van der Waals surface area contributed by atoms with Crippen LogP contribution in [0.5, 0.6) is 5.75 Å². The lowest BCUT2D eigenvalue weighted by Gasteiger charge is -2.28. The Morgan fingerprint density at radius 3 is 2.33 bits per heavy atom. The summed E-state index contributed by atoms with van der Waals surface area (Å²) in [7, 11) is 4.30. The van der Waals surface area contributed by atoms with E-state index in [1.807, 2.05) is 0 Å². The average molecular weight is 292 g/mol. The third-order valence-electron chi connectivity index (χ3n) is 3.81. The van der Waals surface area contributed by atoms with E-state index in [1.54, 1.807) is 0 Å². The maximum atomic E-state index is 5.68. The predicted octanol–water partition coefficient (Wildman–Crippen LogP) is 3.54. The molecule has 1 N–H and O–H groups in total. The molecule has 0 bridgehead atoms. The number of rotatable bonds is 10. The van der Waals surface area contributed by atoms with Crippen LogP contribution in [-0.4, -0.2) is 38.2 Å². The number of benzene rings is 1. The lowest BCUT2D eigenvalue weighted by atomic mass is 10.0. The summed E-state index contributed by atoms with van der Waals surface area (Å²) in [4.78, 5) is 2.29. The highest BCUT2D eigenvalue weighted by Gasteiger charge is 2.14. The molecule has 1 aromatic rings. The van der Waals surface area contributed by atoms with Gasteiger partial charge in [-0.2, -0.15) is 0 Å². The number of hydrogen-bond acceptors (Lipinski definition) is 3. The normalized spacial score (nSPS) is 12.9. The number of likely N-dealkylation sites (N-methyl/N-ethyl adjacent to an activating group) is 1. The Bertz CT molecular complexity index is 365. The van der Waals surface area contributed by atoms with Crippen molar-refractivity contribution in [2.45, 2.75) is 46.2 Å². The van der Waals surface area contributed by atoms with Crippen molar-refractivity contribution in [3.05, 3.63) is 29.8 Å². The van der Waals surface area contributed by atoms with Crippen molar-refractivity contribution in [3.8, 4) is 5.75 Å². The maximum Gasteiger partial charge on any atom is 0.119 e. The van der Waals surface area contributed by atoms with Crippen LogP contribution in [-0.2, 0) is 6.54 Å². The number of nitrogens with one attached hydrogen (secondary N) is 1. The van der Waals surface area contributed by atoms with E-state index in [-0.39, 0.29) is 0 Å². The molecule has 1 aromatic carbocycles. The number of hydrogen-bond donors (Lipinski definition) is 1. The molecule has 0 fully saturated rings. The van der Waals surface area contributed by atoms with E-state index in [0.717, 1.165) is 31.9 Å². The van der Waals surface area contributed by atoms with E-state index >= 15 is 0 Å². The van der Waals surface area contributed by atoms with Gasteiger partial charge in [-0.1, -0.05) is 39.3 Å². The van der Waals surface area contributed by atoms with Crippen LogP contribution >= 0.6 is 0 Å². The lowest BCUT2D eigenvalue weighted by Crippen LogP contribution is -2.41. The minimum absolute atomic E-state index is 0.571. The Labute approximate surface area is 130 Å². The van der Waals surface area contributed by atoms with Crippen LogP contribution in [0.3, 0.4) is 0 Å². The monoisotopic (exact) mass is 292 g/mol. The minimum atomic E-state index is 0.571. The molecule has 1 rings (SSSR count). The Morgan fingerprint density at radius 2 is 1.81 bits per heavy atom. The first-order chi connectivity index (χ1) is 10.0. The Balaban J connectivity index is 2.35. The molecule has 0 amide bonds. The number of nitrogens with zero attached hydrogens (tertiary/aromatic N) is 1. The van der Waals surface area contributed by atoms with Crippen molar-refractivity contribution in [2.75, 3.05) is 27.2 Å². The fourth-order valence-electron chi connectivity index (χ4n) is 2.42. The van der Waals surface area contributed by atoms with Crippen LogP contribution in [0.1, 0.15) is 39.2 Å². The Hall–Kier alpha value is -1.06. The van der Waals surface area contributed by atoms with Crippen LogP contribution in [0.25, 0.3) is 0 Å². The fraction of sp³-hybridized carbons (Fsp3) is 0.667. The van der Waals surface area contributed by atoms with Crippen LogP contribution in [0, 0.1) is 5.92 Å². The van der Waals surface area contributed by atoms with E-state index in [2.05, 4.69) is 69.3 Å². The van der Waals surface area contributed by atoms with Gasteiger partial charge in [0.2, 0.25) is 0 Å². The summed E-state index contributed by atoms with van der Waals surface area (Å²) in [5, 5.41) is 3.55. The summed E-state index contributed by atoms with van der Waals surface area (Å²) in [5.74, 6) is 1.63. The molecule has 120 valence electrons. The van der Waals surface area contributed by atoms with Crippen molar-refractivity contribution < 1.29 is 4.74 Å². The highest BCUT2D eigenvalue weighted by molar-refractivity contribution is 5.27. The van der Waals surface area contributed by atoms with Crippen LogP contribution in [0.15, 0.2) is 24.3 Å². The molecule has 0 saturated carbocycles. The summed E-state index contributed by atoms with van der Waals surface area (Å²) in [6.45, 7) is 9.46. The van der Waals surface area contributed by atoms with Crippen LogP contribution in [0.2, 0.25) is 0 Å². The first-order valence-electron chi connectivity index (χ1n) is 8.13. The van der Waals surface area contributed by atoms with E-state index < -0.39 is 0 Å². The van der Waals surface area contributed by atoms with Crippen LogP contribution < -0.4 is 10.1 Å². The van der Waals surface area contributed by atoms with Gasteiger partial charge in [-0.15, -0.1) is 0 Å². The molecule has 0 radical (unpaired) electrons. The molecule has 0 aliphatic heterocycles. The first-order valence-corrected chi connectivity index (χ1v) is 8.13. The largest absolute Gasteiger partial charge is 0.494 e. The number of ether oxygens (including phenoxy) is 1. The smallest absolute Gasteiger partial charge is 0.119 e. The molecule has 1 atom stereocenters. The second-order valence-corrected chi connectivity index (χ2v) is 6.25.